The zero-order chi connectivity index (χ0) is 30.9. The number of rotatable bonds is 14. The molecule has 9 nitrogen and oxygen atoms in total. The second-order valence-corrected chi connectivity index (χ2v) is 11.5. The van der Waals surface area contributed by atoms with E-state index in [4.69, 9.17) is 4.74 Å². The third-order valence-corrected chi connectivity index (χ3v) is 8.49. The summed E-state index contributed by atoms with van der Waals surface area (Å²) in [6.07, 6.45) is 0.934. The fourth-order valence-electron chi connectivity index (χ4n) is 6.12. The van der Waals surface area contributed by atoms with Crippen molar-refractivity contribution in [1.82, 2.24) is 15.2 Å². The Labute approximate surface area is 255 Å². The van der Waals surface area contributed by atoms with Crippen LogP contribution in [0.5, 0.6) is 0 Å². The molecule has 0 saturated carbocycles. The van der Waals surface area contributed by atoms with Crippen LogP contribution in [0.4, 0.5) is 5.69 Å². The SMILES string of the molecule is CCN(c1cc(-c2ccc(CN(CCO)CCO)cc2)cc(C(O)NCc2c(C)cc(C)[nH]c2=O)c1C)C1CCOCC1. The molecule has 1 saturated heterocycles. The summed E-state index contributed by atoms with van der Waals surface area (Å²) in [5.41, 5.74) is 8.17. The van der Waals surface area contributed by atoms with Crippen molar-refractivity contribution in [2.24, 2.45) is 0 Å². The number of anilines is 1. The van der Waals surface area contributed by atoms with Gasteiger partial charge in [0.05, 0.1) is 13.2 Å². The Morgan fingerprint density at radius 1 is 1.00 bits per heavy atom. The smallest absolute Gasteiger partial charge is 0.252 e. The number of H-pyrrole nitrogens is 1. The second-order valence-electron chi connectivity index (χ2n) is 11.5. The molecule has 0 aliphatic carbocycles. The zero-order valence-electron chi connectivity index (χ0n) is 26.0. The molecule has 0 spiro atoms. The molecule has 1 atom stereocenters. The van der Waals surface area contributed by atoms with Crippen LogP contribution in [0.15, 0.2) is 47.3 Å². The summed E-state index contributed by atoms with van der Waals surface area (Å²) in [6.45, 7) is 12.3. The Morgan fingerprint density at radius 3 is 2.28 bits per heavy atom. The minimum atomic E-state index is -0.975. The highest BCUT2D eigenvalue weighted by atomic mass is 16.5. The number of hydrogen-bond acceptors (Lipinski definition) is 8. The van der Waals surface area contributed by atoms with Crippen molar-refractivity contribution in [3.05, 3.63) is 86.3 Å². The molecule has 1 unspecified atom stereocenters. The maximum Gasteiger partial charge on any atom is 0.252 e. The Morgan fingerprint density at radius 2 is 1.67 bits per heavy atom. The van der Waals surface area contributed by atoms with Crippen molar-refractivity contribution < 1.29 is 20.1 Å². The van der Waals surface area contributed by atoms with Gasteiger partial charge in [0.1, 0.15) is 6.23 Å². The molecule has 234 valence electrons. The summed E-state index contributed by atoms with van der Waals surface area (Å²) in [5, 5.41) is 33.5. The van der Waals surface area contributed by atoms with E-state index in [9.17, 15) is 20.1 Å². The van der Waals surface area contributed by atoms with Crippen molar-refractivity contribution in [1.29, 1.82) is 0 Å². The molecule has 0 radical (unpaired) electrons. The Hall–Kier alpha value is -3.05. The van der Waals surface area contributed by atoms with Crippen molar-refractivity contribution in [3.63, 3.8) is 0 Å². The van der Waals surface area contributed by atoms with Crippen molar-refractivity contribution in [2.45, 2.75) is 65.9 Å². The van der Waals surface area contributed by atoms with Crippen LogP contribution in [0, 0.1) is 20.8 Å². The molecule has 3 aromatic rings. The number of nitrogens with zero attached hydrogens (tertiary/aromatic N) is 2. The number of hydrogen-bond donors (Lipinski definition) is 5. The van der Waals surface area contributed by atoms with Gasteiger partial charge in [-0.25, -0.2) is 0 Å². The number of aliphatic hydroxyl groups excluding tert-OH is 3. The van der Waals surface area contributed by atoms with E-state index in [1.165, 1.54) is 0 Å². The van der Waals surface area contributed by atoms with Crippen molar-refractivity contribution in [3.8, 4) is 11.1 Å². The molecule has 2 heterocycles. The van der Waals surface area contributed by atoms with Crippen LogP contribution in [0.3, 0.4) is 0 Å². The highest BCUT2D eigenvalue weighted by Gasteiger charge is 2.25. The molecule has 1 aliphatic rings. The van der Waals surface area contributed by atoms with Gasteiger partial charge in [0, 0.05) is 74.5 Å². The summed E-state index contributed by atoms with van der Waals surface area (Å²) in [6, 6.07) is 14.9. The minimum absolute atomic E-state index is 0.0439. The quantitative estimate of drug-likeness (QED) is 0.180. The standard InChI is InChI=1S/C34H48N4O5/c1-5-38(29-10-16-43-17-11-29)32-20-28(27-8-6-26(7-9-27)22-37(12-14-39)13-15-40)19-30(25(32)4)33(41)35-21-31-23(2)18-24(3)36-34(31)42/h6-9,18-20,29,33,35,39-41H,5,10-17,21-22H2,1-4H3,(H,36,42). The monoisotopic (exact) mass is 592 g/mol. The molecule has 0 bridgehead atoms. The molecule has 43 heavy (non-hydrogen) atoms. The third-order valence-electron chi connectivity index (χ3n) is 8.49. The van der Waals surface area contributed by atoms with Gasteiger partial charge >= 0.3 is 0 Å². The highest BCUT2D eigenvalue weighted by molar-refractivity contribution is 5.73. The minimum Gasteiger partial charge on any atom is -0.395 e. The molecule has 1 aliphatic heterocycles. The van der Waals surface area contributed by atoms with Gasteiger partial charge in [-0.3, -0.25) is 15.0 Å². The van der Waals surface area contributed by atoms with Crippen LogP contribution in [0.1, 0.15) is 59.5 Å². The normalized spacial score (nSPS) is 14.8. The lowest BCUT2D eigenvalue weighted by molar-refractivity contribution is 0.0846. The molecular weight excluding hydrogens is 544 g/mol. The van der Waals surface area contributed by atoms with Gasteiger partial charge in [-0.15, -0.1) is 0 Å². The number of aromatic nitrogens is 1. The van der Waals surface area contributed by atoms with E-state index < -0.39 is 6.23 Å². The summed E-state index contributed by atoms with van der Waals surface area (Å²) in [7, 11) is 0. The van der Waals surface area contributed by atoms with E-state index >= 15 is 0 Å². The van der Waals surface area contributed by atoms with Gasteiger partial charge < -0.3 is 29.9 Å². The van der Waals surface area contributed by atoms with Crippen LogP contribution in [0.2, 0.25) is 0 Å². The van der Waals surface area contributed by atoms with E-state index in [0.29, 0.717) is 31.2 Å². The maximum absolute atomic E-state index is 12.6. The van der Waals surface area contributed by atoms with Gasteiger partial charge in [-0.1, -0.05) is 24.3 Å². The summed E-state index contributed by atoms with van der Waals surface area (Å²) in [4.78, 5) is 19.9. The molecule has 9 heteroatoms. The molecule has 0 amide bonds. The van der Waals surface area contributed by atoms with Crippen molar-refractivity contribution in [2.75, 3.05) is 51.0 Å². The molecule has 2 aromatic carbocycles. The topological polar surface area (TPSA) is 121 Å². The number of aliphatic hydroxyl groups is 3. The first-order chi connectivity index (χ1) is 20.7. The first-order valence-corrected chi connectivity index (χ1v) is 15.4. The summed E-state index contributed by atoms with van der Waals surface area (Å²) < 4.78 is 5.65. The fraction of sp³-hybridized carbons (Fsp3) is 0.500. The van der Waals surface area contributed by atoms with Crippen LogP contribution < -0.4 is 15.8 Å². The highest BCUT2D eigenvalue weighted by Crippen LogP contribution is 2.36. The largest absolute Gasteiger partial charge is 0.395 e. The number of ether oxygens (including phenoxy) is 1. The molecule has 4 rings (SSSR count). The molecule has 1 fully saturated rings. The van der Waals surface area contributed by atoms with Crippen LogP contribution in [-0.2, 0) is 17.8 Å². The van der Waals surface area contributed by atoms with E-state index in [1.54, 1.807) is 0 Å². The first kappa shape index (κ1) is 32.9. The second kappa shape index (κ2) is 15.6. The van der Waals surface area contributed by atoms with E-state index in [2.05, 4.69) is 59.4 Å². The number of nitrogens with one attached hydrogen (secondary N) is 2. The van der Waals surface area contributed by atoms with Crippen LogP contribution in [0.25, 0.3) is 11.1 Å². The van der Waals surface area contributed by atoms with E-state index in [1.807, 2.05) is 30.9 Å². The van der Waals surface area contributed by atoms with Crippen molar-refractivity contribution >= 4 is 5.69 Å². The fourth-order valence-corrected chi connectivity index (χ4v) is 6.12. The summed E-state index contributed by atoms with van der Waals surface area (Å²) >= 11 is 0. The average molecular weight is 593 g/mol. The van der Waals surface area contributed by atoms with Gasteiger partial charge in [0.25, 0.3) is 5.56 Å². The van der Waals surface area contributed by atoms with Gasteiger partial charge in [0.15, 0.2) is 0 Å². The number of aromatic amines is 1. The molecule has 5 N–H and O–H groups in total. The Kier molecular flexibility index (Phi) is 11.9. The first-order valence-electron chi connectivity index (χ1n) is 15.4. The zero-order valence-corrected chi connectivity index (χ0v) is 26.0. The number of pyridine rings is 1. The predicted octanol–water partition coefficient (Wildman–Crippen LogP) is 3.54. The summed E-state index contributed by atoms with van der Waals surface area (Å²) in [5.74, 6) is 0. The molecular formula is C34H48N4O5. The lowest BCUT2D eigenvalue weighted by atomic mass is 9.94. The van der Waals surface area contributed by atoms with E-state index in [0.717, 1.165) is 77.4 Å². The lowest BCUT2D eigenvalue weighted by Gasteiger charge is -2.37. The van der Waals surface area contributed by atoms with E-state index in [-0.39, 0.29) is 25.3 Å². The van der Waals surface area contributed by atoms with Gasteiger partial charge in [0.2, 0.25) is 0 Å². The number of aryl methyl sites for hydroxylation is 2. The van der Waals surface area contributed by atoms with Crippen LogP contribution >= 0.6 is 0 Å². The Balaban J connectivity index is 1.68. The van der Waals surface area contributed by atoms with Crippen LogP contribution in [-0.4, -0.2) is 77.3 Å². The Bertz CT molecular complexity index is 1380. The molecule has 1 aromatic heterocycles. The predicted molar refractivity (Wildman–Crippen MR) is 171 cm³/mol. The lowest BCUT2D eigenvalue weighted by Crippen LogP contribution is -2.40. The van der Waals surface area contributed by atoms with Gasteiger partial charge in [-0.05, 0) is 86.6 Å². The number of benzene rings is 2. The van der Waals surface area contributed by atoms with Gasteiger partial charge in [-0.2, -0.15) is 0 Å². The third kappa shape index (κ3) is 8.32. The maximum atomic E-state index is 12.6. The average Bonchev–Trinajstić information content (AvgIpc) is 2.99.